The van der Waals surface area contributed by atoms with E-state index in [0.717, 1.165) is 24.1 Å². The summed E-state index contributed by atoms with van der Waals surface area (Å²) in [7, 11) is 3.88. The van der Waals surface area contributed by atoms with Crippen molar-refractivity contribution in [3.8, 4) is 11.4 Å². The summed E-state index contributed by atoms with van der Waals surface area (Å²) in [4.78, 5) is 48.0. The third-order valence-electron chi connectivity index (χ3n) is 5.75. The normalized spacial score (nSPS) is 11.1. The quantitative estimate of drug-likeness (QED) is 0.342. The summed E-state index contributed by atoms with van der Waals surface area (Å²) in [6.45, 7) is 4.07. The predicted molar refractivity (Wildman–Crippen MR) is 141 cm³/mol. The van der Waals surface area contributed by atoms with Crippen LogP contribution >= 0.6 is 0 Å². The summed E-state index contributed by atoms with van der Waals surface area (Å²) in [5.74, 6) is -0.465. The lowest BCUT2D eigenvalue weighted by molar-refractivity contribution is 0.0943. The number of oxazole rings is 1. The molecule has 37 heavy (non-hydrogen) atoms. The van der Waals surface area contributed by atoms with Gasteiger partial charge in [0.05, 0.1) is 17.6 Å². The SMILES string of the molecule is CCCNC(=O)c1ccc2oc(=O)n(Cc3cccc(-c4ncc(C(=O)NCCN(C)C)cn4)c3)c2c1. The molecule has 0 aliphatic rings. The molecule has 2 aromatic heterocycles. The van der Waals surface area contributed by atoms with Gasteiger partial charge in [0.15, 0.2) is 11.4 Å². The van der Waals surface area contributed by atoms with Gasteiger partial charge >= 0.3 is 5.76 Å². The van der Waals surface area contributed by atoms with Gasteiger partial charge in [-0.05, 0) is 50.3 Å². The zero-order valence-electron chi connectivity index (χ0n) is 21.2. The van der Waals surface area contributed by atoms with Crippen LogP contribution < -0.4 is 16.4 Å². The first-order valence-electron chi connectivity index (χ1n) is 12.1. The first-order valence-corrected chi connectivity index (χ1v) is 12.1. The average Bonchev–Trinajstić information content (AvgIpc) is 3.21. The molecule has 2 heterocycles. The standard InChI is InChI=1S/C27H30N6O4/c1-4-10-28-25(34)20-8-9-23-22(14-20)33(27(36)37-23)17-18-6-5-7-19(13-18)24-30-15-21(16-31-24)26(35)29-11-12-32(2)3/h5-9,13-16H,4,10-12,17H2,1-3H3,(H,28,34)(H,29,35). The summed E-state index contributed by atoms with van der Waals surface area (Å²) >= 11 is 0. The fourth-order valence-corrected chi connectivity index (χ4v) is 3.77. The molecule has 192 valence electrons. The molecule has 2 aromatic carbocycles. The van der Waals surface area contributed by atoms with Gasteiger partial charge in [-0.3, -0.25) is 14.2 Å². The van der Waals surface area contributed by atoms with E-state index in [1.54, 1.807) is 18.2 Å². The van der Waals surface area contributed by atoms with Crippen LogP contribution in [0.15, 0.2) is 64.1 Å². The summed E-state index contributed by atoms with van der Waals surface area (Å²) in [5, 5.41) is 5.68. The number of nitrogens with one attached hydrogen (secondary N) is 2. The Morgan fingerprint density at radius 3 is 2.43 bits per heavy atom. The third kappa shape index (κ3) is 6.28. The molecule has 0 radical (unpaired) electrons. The van der Waals surface area contributed by atoms with Gasteiger partial charge in [0.25, 0.3) is 11.8 Å². The summed E-state index contributed by atoms with van der Waals surface area (Å²) in [6, 6.07) is 12.4. The van der Waals surface area contributed by atoms with Crippen LogP contribution in [-0.4, -0.2) is 65.0 Å². The molecule has 0 atom stereocenters. The maximum Gasteiger partial charge on any atom is 0.420 e. The zero-order valence-corrected chi connectivity index (χ0v) is 21.2. The van der Waals surface area contributed by atoms with Gasteiger partial charge < -0.3 is 20.0 Å². The molecule has 0 fully saturated rings. The molecule has 4 aromatic rings. The van der Waals surface area contributed by atoms with Crippen LogP contribution in [0, 0.1) is 0 Å². The highest BCUT2D eigenvalue weighted by molar-refractivity contribution is 5.97. The van der Waals surface area contributed by atoms with Crippen LogP contribution in [0.4, 0.5) is 0 Å². The van der Waals surface area contributed by atoms with Crippen molar-refractivity contribution in [3.63, 3.8) is 0 Å². The van der Waals surface area contributed by atoms with E-state index in [2.05, 4.69) is 20.6 Å². The first kappa shape index (κ1) is 25.8. The maximum absolute atomic E-state index is 12.6. The van der Waals surface area contributed by atoms with E-state index in [1.165, 1.54) is 17.0 Å². The van der Waals surface area contributed by atoms with E-state index in [4.69, 9.17) is 4.42 Å². The summed E-state index contributed by atoms with van der Waals surface area (Å²) in [6.07, 6.45) is 3.83. The van der Waals surface area contributed by atoms with Crippen LogP contribution in [0.2, 0.25) is 0 Å². The van der Waals surface area contributed by atoms with E-state index in [1.807, 2.05) is 50.2 Å². The van der Waals surface area contributed by atoms with Crippen molar-refractivity contribution in [2.75, 3.05) is 33.7 Å². The van der Waals surface area contributed by atoms with Crippen molar-refractivity contribution < 1.29 is 14.0 Å². The van der Waals surface area contributed by atoms with Gasteiger partial charge in [0.1, 0.15) is 0 Å². The lowest BCUT2D eigenvalue weighted by Gasteiger charge is -2.10. The molecule has 0 saturated carbocycles. The Bertz CT molecular complexity index is 1460. The Hall–Kier alpha value is -4.31. The molecule has 0 saturated heterocycles. The molecule has 4 rings (SSSR count). The number of carbonyl (C=O) groups is 2. The maximum atomic E-state index is 12.6. The highest BCUT2D eigenvalue weighted by Crippen LogP contribution is 2.20. The number of hydrogen-bond acceptors (Lipinski definition) is 7. The lowest BCUT2D eigenvalue weighted by atomic mass is 10.1. The second kappa shape index (κ2) is 11.6. The van der Waals surface area contributed by atoms with E-state index < -0.39 is 5.76 Å². The smallest absolute Gasteiger partial charge is 0.408 e. The molecule has 2 amide bonds. The van der Waals surface area contributed by atoms with Gasteiger partial charge in [-0.25, -0.2) is 14.8 Å². The topological polar surface area (TPSA) is 122 Å². The lowest BCUT2D eigenvalue weighted by Crippen LogP contribution is -2.31. The Labute approximate surface area is 214 Å². The molecule has 10 nitrogen and oxygen atoms in total. The van der Waals surface area contributed by atoms with Gasteiger partial charge in [0.2, 0.25) is 0 Å². The molecule has 0 spiro atoms. The van der Waals surface area contributed by atoms with Crippen molar-refractivity contribution in [3.05, 3.63) is 82.1 Å². The zero-order chi connectivity index (χ0) is 26.4. The van der Waals surface area contributed by atoms with Gasteiger partial charge in [0, 0.05) is 43.2 Å². The Balaban J connectivity index is 1.53. The van der Waals surface area contributed by atoms with E-state index in [0.29, 0.717) is 41.1 Å². The minimum atomic E-state index is -0.507. The second-order valence-corrected chi connectivity index (χ2v) is 8.95. The molecule has 0 bridgehead atoms. The highest BCUT2D eigenvalue weighted by atomic mass is 16.4. The van der Waals surface area contributed by atoms with Gasteiger partial charge in [-0.15, -0.1) is 0 Å². The minimum absolute atomic E-state index is 0.196. The number of hydrogen-bond donors (Lipinski definition) is 2. The Morgan fingerprint density at radius 2 is 1.70 bits per heavy atom. The van der Waals surface area contributed by atoms with E-state index >= 15 is 0 Å². The Kier molecular flexibility index (Phi) is 8.09. The van der Waals surface area contributed by atoms with Gasteiger partial charge in [-0.2, -0.15) is 0 Å². The average molecular weight is 503 g/mol. The van der Waals surface area contributed by atoms with Crippen molar-refractivity contribution >= 4 is 22.9 Å². The van der Waals surface area contributed by atoms with Crippen molar-refractivity contribution in [2.24, 2.45) is 0 Å². The number of rotatable bonds is 10. The fraction of sp³-hybridized carbons (Fsp3) is 0.296. The highest BCUT2D eigenvalue weighted by Gasteiger charge is 2.14. The van der Waals surface area contributed by atoms with Crippen LogP contribution in [0.3, 0.4) is 0 Å². The van der Waals surface area contributed by atoms with Crippen molar-refractivity contribution in [1.82, 2.24) is 30.1 Å². The molecule has 0 aliphatic carbocycles. The number of benzene rings is 2. The second-order valence-electron chi connectivity index (χ2n) is 8.95. The molecule has 10 heteroatoms. The van der Waals surface area contributed by atoms with E-state index in [9.17, 15) is 14.4 Å². The summed E-state index contributed by atoms with van der Waals surface area (Å²) < 4.78 is 6.88. The van der Waals surface area contributed by atoms with Crippen LogP contribution in [0.1, 0.15) is 39.6 Å². The number of amides is 2. The number of carbonyl (C=O) groups excluding carboxylic acids is 2. The predicted octanol–water partition coefficient (Wildman–Crippen LogP) is 2.53. The van der Waals surface area contributed by atoms with E-state index in [-0.39, 0.29) is 18.4 Å². The summed E-state index contributed by atoms with van der Waals surface area (Å²) in [5.41, 5.74) is 3.38. The fourth-order valence-electron chi connectivity index (χ4n) is 3.77. The van der Waals surface area contributed by atoms with Crippen LogP contribution in [0.5, 0.6) is 0 Å². The van der Waals surface area contributed by atoms with Crippen molar-refractivity contribution in [1.29, 1.82) is 0 Å². The molecular formula is C27H30N6O4. The van der Waals surface area contributed by atoms with Crippen molar-refractivity contribution in [2.45, 2.75) is 19.9 Å². The number of aromatic nitrogens is 3. The third-order valence-corrected chi connectivity index (χ3v) is 5.75. The monoisotopic (exact) mass is 502 g/mol. The first-order chi connectivity index (χ1) is 17.9. The molecule has 0 unspecified atom stereocenters. The molecule has 2 N–H and O–H groups in total. The largest absolute Gasteiger partial charge is 0.420 e. The number of fused-ring (bicyclic) bond motifs is 1. The minimum Gasteiger partial charge on any atom is -0.408 e. The van der Waals surface area contributed by atoms with Gasteiger partial charge in [-0.1, -0.05) is 25.1 Å². The number of likely N-dealkylation sites (N-methyl/N-ethyl adjacent to an activating group) is 1. The van der Waals surface area contributed by atoms with Crippen LogP contribution in [-0.2, 0) is 6.54 Å². The Morgan fingerprint density at radius 1 is 0.973 bits per heavy atom. The molecular weight excluding hydrogens is 472 g/mol. The van der Waals surface area contributed by atoms with Crippen LogP contribution in [0.25, 0.3) is 22.5 Å². The number of nitrogens with zero attached hydrogens (tertiary/aromatic N) is 4. The molecule has 0 aliphatic heterocycles.